The van der Waals surface area contributed by atoms with Crippen LogP contribution in [0.4, 0.5) is 5.69 Å². The number of anilines is 1. The third kappa shape index (κ3) is 1.28. The van der Waals surface area contributed by atoms with E-state index in [0.29, 0.717) is 0 Å². The Hall–Kier alpha value is -1.35. The topological polar surface area (TPSA) is 41.1 Å². The minimum absolute atomic E-state index is 0.170. The predicted molar refractivity (Wildman–Crippen MR) is 63.5 cm³/mol. The van der Waals surface area contributed by atoms with Gasteiger partial charge in [0, 0.05) is 12.2 Å². The maximum absolute atomic E-state index is 12.2. The van der Waals surface area contributed by atoms with Crippen LogP contribution in [0, 0.1) is 0 Å². The van der Waals surface area contributed by atoms with Gasteiger partial charge in [-0.3, -0.25) is 4.79 Å². The van der Waals surface area contributed by atoms with Gasteiger partial charge in [0.25, 0.3) is 0 Å². The molecular formula is C13H16N2O. The van der Waals surface area contributed by atoms with Crippen molar-refractivity contribution in [2.75, 3.05) is 18.4 Å². The number of nitrogens with one attached hydrogen (secondary N) is 2. The van der Waals surface area contributed by atoms with Gasteiger partial charge in [-0.15, -0.1) is 0 Å². The second kappa shape index (κ2) is 3.59. The first-order valence-electron chi connectivity index (χ1n) is 5.95. The minimum Gasteiger partial charge on any atom is -0.325 e. The summed E-state index contributed by atoms with van der Waals surface area (Å²) in [7, 11) is 0. The van der Waals surface area contributed by atoms with Gasteiger partial charge in [-0.25, -0.2) is 0 Å². The molecule has 0 bridgehead atoms. The molecule has 2 aliphatic heterocycles. The van der Waals surface area contributed by atoms with E-state index in [2.05, 4.69) is 16.7 Å². The molecule has 1 fully saturated rings. The van der Waals surface area contributed by atoms with Crippen molar-refractivity contribution >= 4 is 11.6 Å². The van der Waals surface area contributed by atoms with Gasteiger partial charge in [0.05, 0.1) is 5.41 Å². The second-order valence-corrected chi connectivity index (χ2v) is 4.72. The SMILES string of the molecule is O=C1Nc2ccccc2C12CCCCNC2. The fourth-order valence-corrected chi connectivity index (χ4v) is 2.86. The van der Waals surface area contributed by atoms with Crippen molar-refractivity contribution in [2.24, 2.45) is 0 Å². The number of fused-ring (bicyclic) bond motifs is 2. The number of amides is 1. The first-order chi connectivity index (χ1) is 7.83. The molecule has 1 aromatic rings. The van der Waals surface area contributed by atoms with Gasteiger partial charge in [0.15, 0.2) is 0 Å². The van der Waals surface area contributed by atoms with E-state index in [1.165, 1.54) is 5.56 Å². The van der Waals surface area contributed by atoms with Crippen LogP contribution in [0.2, 0.25) is 0 Å². The summed E-state index contributed by atoms with van der Waals surface area (Å²) in [4.78, 5) is 12.2. The molecule has 2 heterocycles. The molecule has 3 nitrogen and oxygen atoms in total. The molecule has 1 atom stereocenters. The number of carbonyl (C=O) groups is 1. The Labute approximate surface area is 95.2 Å². The maximum atomic E-state index is 12.2. The van der Waals surface area contributed by atoms with Crippen LogP contribution in [0.1, 0.15) is 24.8 Å². The zero-order valence-corrected chi connectivity index (χ0v) is 9.25. The number of rotatable bonds is 0. The first kappa shape index (κ1) is 9.85. The molecule has 0 aromatic heterocycles. The summed E-state index contributed by atoms with van der Waals surface area (Å²) in [6.07, 6.45) is 3.24. The number of carbonyl (C=O) groups excluding carboxylic acids is 1. The molecule has 1 spiro atoms. The molecule has 16 heavy (non-hydrogen) atoms. The maximum Gasteiger partial charge on any atom is 0.236 e. The molecular weight excluding hydrogens is 200 g/mol. The van der Waals surface area contributed by atoms with E-state index >= 15 is 0 Å². The lowest BCUT2D eigenvalue weighted by atomic mass is 9.78. The van der Waals surface area contributed by atoms with Crippen molar-refractivity contribution in [1.82, 2.24) is 5.32 Å². The van der Waals surface area contributed by atoms with Crippen molar-refractivity contribution in [1.29, 1.82) is 0 Å². The van der Waals surface area contributed by atoms with E-state index in [1.54, 1.807) is 0 Å². The van der Waals surface area contributed by atoms with E-state index in [0.717, 1.165) is 38.0 Å². The summed E-state index contributed by atoms with van der Waals surface area (Å²) < 4.78 is 0. The normalized spacial score (nSPS) is 28.6. The Balaban J connectivity index is 2.08. The summed E-state index contributed by atoms with van der Waals surface area (Å²) >= 11 is 0. The minimum atomic E-state index is -0.312. The van der Waals surface area contributed by atoms with Crippen LogP contribution in [0.15, 0.2) is 24.3 Å². The molecule has 84 valence electrons. The van der Waals surface area contributed by atoms with Gasteiger partial charge in [-0.05, 0) is 31.0 Å². The summed E-state index contributed by atoms with van der Waals surface area (Å²) in [6, 6.07) is 8.07. The molecule has 3 heteroatoms. The Morgan fingerprint density at radius 1 is 1.19 bits per heavy atom. The van der Waals surface area contributed by atoms with Crippen LogP contribution in [0.5, 0.6) is 0 Å². The molecule has 0 saturated carbocycles. The molecule has 1 unspecified atom stereocenters. The van der Waals surface area contributed by atoms with Crippen LogP contribution < -0.4 is 10.6 Å². The highest BCUT2D eigenvalue weighted by molar-refractivity contribution is 6.06. The molecule has 2 N–H and O–H groups in total. The summed E-state index contributed by atoms with van der Waals surface area (Å²) in [5, 5.41) is 6.40. The smallest absolute Gasteiger partial charge is 0.236 e. The van der Waals surface area contributed by atoms with Crippen LogP contribution >= 0.6 is 0 Å². The third-order valence-electron chi connectivity index (χ3n) is 3.76. The van der Waals surface area contributed by atoms with Gasteiger partial charge in [-0.1, -0.05) is 24.6 Å². The molecule has 1 amide bonds. The predicted octanol–water partition coefficient (Wildman–Crippen LogP) is 1.65. The van der Waals surface area contributed by atoms with Gasteiger partial charge < -0.3 is 10.6 Å². The van der Waals surface area contributed by atoms with Crippen molar-refractivity contribution < 1.29 is 4.79 Å². The average molecular weight is 216 g/mol. The summed E-state index contributed by atoms with van der Waals surface area (Å²) in [6.45, 7) is 1.80. The molecule has 1 aromatic carbocycles. The molecule has 3 rings (SSSR count). The van der Waals surface area contributed by atoms with Crippen LogP contribution in [0.3, 0.4) is 0 Å². The van der Waals surface area contributed by atoms with Crippen molar-refractivity contribution in [2.45, 2.75) is 24.7 Å². The van der Waals surface area contributed by atoms with Crippen LogP contribution in [-0.4, -0.2) is 19.0 Å². The molecule has 0 radical (unpaired) electrons. The Bertz CT molecular complexity index is 420. The lowest BCUT2D eigenvalue weighted by Gasteiger charge is -2.25. The molecule has 1 saturated heterocycles. The zero-order chi connectivity index (χ0) is 11.0. The van der Waals surface area contributed by atoms with E-state index in [-0.39, 0.29) is 11.3 Å². The van der Waals surface area contributed by atoms with Gasteiger partial charge in [0.2, 0.25) is 5.91 Å². The van der Waals surface area contributed by atoms with Crippen LogP contribution in [0.25, 0.3) is 0 Å². The fourth-order valence-electron chi connectivity index (χ4n) is 2.86. The fraction of sp³-hybridized carbons (Fsp3) is 0.462. The number of hydrogen-bond acceptors (Lipinski definition) is 2. The summed E-state index contributed by atoms with van der Waals surface area (Å²) in [5.74, 6) is 0.170. The summed E-state index contributed by atoms with van der Waals surface area (Å²) in [5.41, 5.74) is 1.86. The van der Waals surface area contributed by atoms with Gasteiger partial charge in [-0.2, -0.15) is 0 Å². The number of benzene rings is 1. The largest absolute Gasteiger partial charge is 0.325 e. The standard InChI is InChI=1S/C13H16N2O/c16-12-13(7-3-4-8-14-9-13)10-5-1-2-6-11(10)15-12/h1-2,5-6,14H,3-4,7-9H2,(H,15,16). The van der Waals surface area contributed by atoms with Crippen molar-refractivity contribution in [3.63, 3.8) is 0 Å². The Morgan fingerprint density at radius 3 is 3.00 bits per heavy atom. The van der Waals surface area contributed by atoms with Crippen molar-refractivity contribution in [3.05, 3.63) is 29.8 Å². The van der Waals surface area contributed by atoms with E-state index in [1.807, 2.05) is 18.2 Å². The van der Waals surface area contributed by atoms with Gasteiger partial charge in [0.1, 0.15) is 0 Å². The monoisotopic (exact) mass is 216 g/mol. The lowest BCUT2D eigenvalue weighted by Crippen LogP contribution is -2.42. The highest BCUT2D eigenvalue weighted by atomic mass is 16.2. The Kier molecular flexibility index (Phi) is 2.21. The zero-order valence-electron chi connectivity index (χ0n) is 9.25. The number of hydrogen-bond donors (Lipinski definition) is 2. The first-order valence-corrected chi connectivity index (χ1v) is 5.95. The average Bonchev–Trinajstić information content (AvgIpc) is 2.49. The number of para-hydroxylation sites is 1. The third-order valence-corrected chi connectivity index (χ3v) is 3.76. The quantitative estimate of drug-likeness (QED) is 0.692. The molecule has 0 aliphatic carbocycles. The van der Waals surface area contributed by atoms with E-state index < -0.39 is 0 Å². The molecule has 2 aliphatic rings. The highest BCUT2D eigenvalue weighted by Gasteiger charge is 2.46. The van der Waals surface area contributed by atoms with E-state index in [4.69, 9.17) is 0 Å². The van der Waals surface area contributed by atoms with Gasteiger partial charge >= 0.3 is 0 Å². The highest BCUT2D eigenvalue weighted by Crippen LogP contribution is 2.41. The lowest BCUT2D eigenvalue weighted by molar-refractivity contribution is -0.120. The van der Waals surface area contributed by atoms with Crippen molar-refractivity contribution in [3.8, 4) is 0 Å². The van der Waals surface area contributed by atoms with Crippen LogP contribution in [-0.2, 0) is 10.2 Å². The van der Waals surface area contributed by atoms with E-state index in [9.17, 15) is 4.79 Å². The Morgan fingerprint density at radius 2 is 2.06 bits per heavy atom. The second-order valence-electron chi connectivity index (χ2n) is 4.72.